The molecule has 0 aliphatic heterocycles. The Bertz CT molecular complexity index is 363. The molecule has 0 heterocycles. The molecule has 0 atom stereocenters. The van der Waals surface area contributed by atoms with Gasteiger partial charge in [0.25, 0.3) is 0 Å². The van der Waals surface area contributed by atoms with Gasteiger partial charge in [0, 0.05) is 12.0 Å². The Balaban J connectivity index is 2.46. The zero-order chi connectivity index (χ0) is 11.1. The quantitative estimate of drug-likeness (QED) is 0.543. The van der Waals surface area contributed by atoms with Crippen molar-refractivity contribution in [1.29, 1.82) is 0 Å². The summed E-state index contributed by atoms with van der Waals surface area (Å²) in [5.74, 6) is 0.131. The van der Waals surface area contributed by atoms with Gasteiger partial charge in [0.1, 0.15) is 5.78 Å². The van der Waals surface area contributed by atoms with Crippen molar-refractivity contribution < 1.29 is 9.59 Å². The topological polar surface area (TPSA) is 34.1 Å². The summed E-state index contributed by atoms with van der Waals surface area (Å²) < 4.78 is 0. The summed E-state index contributed by atoms with van der Waals surface area (Å²) in [6.45, 7) is 1.55. The van der Waals surface area contributed by atoms with Gasteiger partial charge in [0.2, 0.25) is 0 Å². The van der Waals surface area contributed by atoms with Gasteiger partial charge in [-0.15, -0.1) is 0 Å². The Morgan fingerprint density at radius 3 is 2.47 bits per heavy atom. The lowest BCUT2D eigenvalue weighted by Gasteiger charge is -1.93. The van der Waals surface area contributed by atoms with Crippen LogP contribution in [-0.2, 0) is 4.79 Å². The largest absolute Gasteiger partial charge is 0.300 e. The molecule has 1 aromatic carbocycles. The number of ketones is 2. The van der Waals surface area contributed by atoms with Gasteiger partial charge >= 0.3 is 0 Å². The molecule has 0 aliphatic rings. The van der Waals surface area contributed by atoms with Crippen molar-refractivity contribution in [3.05, 3.63) is 48.0 Å². The second-order valence-electron chi connectivity index (χ2n) is 3.37. The molecule has 0 unspecified atom stereocenters. The molecular weight excluding hydrogens is 188 g/mol. The summed E-state index contributed by atoms with van der Waals surface area (Å²) in [4.78, 5) is 22.2. The molecule has 0 saturated carbocycles. The van der Waals surface area contributed by atoms with Gasteiger partial charge in [0.05, 0.1) is 0 Å². The molecular formula is C13H14O2. The highest BCUT2D eigenvalue weighted by Crippen LogP contribution is 2.01. The third-order valence-electron chi connectivity index (χ3n) is 1.99. The zero-order valence-corrected chi connectivity index (χ0v) is 8.77. The maximum Gasteiger partial charge on any atom is 0.185 e. The third-order valence-corrected chi connectivity index (χ3v) is 1.99. The normalized spacial score (nSPS) is 10.5. The number of allylic oxidation sites excluding steroid dienone is 2. The van der Waals surface area contributed by atoms with E-state index in [2.05, 4.69) is 0 Å². The molecule has 1 rings (SSSR count). The lowest BCUT2D eigenvalue weighted by molar-refractivity contribution is -0.116. The van der Waals surface area contributed by atoms with Crippen molar-refractivity contribution in [2.45, 2.75) is 19.8 Å². The summed E-state index contributed by atoms with van der Waals surface area (Å²) in [6.07, 6.45) is 4.40. The van der Waals surface area contributed by atoms with Crippen LogP contribution in [0.15, 0.2) is 42.5 Å². The molecule has 0 radical (unpaired) electrons. The summed E-state index contributed by atoms with van der Waals surface area (Å²) in [7, 11) is 0. The molecule has 0 saturated heterocycles. The van der Waals surface area contributed by atoms with Crippen LogP contribution in [0.2, 0.25) is 0 Å². The third kappa shape index (κ3) is 4.36. The Kier molecular flexibility index (Phi) is 4.48. The van der Waals surface area contributed by atoms with Crippen LogP contribution in [0.4, 0.5) is 0 Å². The number of carbonyl (C=O) groups is 2. The number of rotatable bonds is 5. The van der Waals surface area contributed by atoms with Gasteiger partial charge in [-0.25, -0.2) is 0 Å². The van der Waals surface area contributed by atoms with Gasteiger partial charge in [-0.3, -0.25) is 4.79 Å². The lowest BCUT2D eigenvalue weighted by atomic mass is 10.1. The first kappa shape index (κ1) is 11.4. The van der Waals surface area contributed by atoms with Crippen molar-refractivity contribution in [2.75, 3.05) is 0 Å². The molecule has 1 aromatic rings. The van der Waals surface area contributed by atoms with E-state index in [-0.39, 0.29) is 11.6 Å². The molecule has 0 amide bonds. The van der Waals surface area contributed by atoms with E-state index in [1.807, 2.05) is 18.2 Å². The van der Waals surface area contributed by atoms with Crippen LogP contribution >= 0.6 is 0 Å². The van der Waals surface area contributed by atoms with Crippen molar-refractivity contribution in [2.24, 2.45) is 0 Å². The molecule has 0 aliphatic carbocycles. The van der Waals surface area contributed by atoms with E-state index in [1.54, 1.807) is 25.1 Å². The second-order valence-corrected chi connectivity index (χ2v) is 3.37. The minimum Gasteiger partial charge on any atom is -0.300 e. The molecule has 2 heteroatoms. The van der Waals surface area contributed by atoms with Gasteiger partial charge < -0.3 is 4.79 Å². The highest BCUT2D eigenvalue weighted by atomic mass is 16.1. The van der Waals surface area contributed by atoms with Crippen LogP contribution in [0.1, 0.15) is 30.1 Å². The summed E-state index contributed by atoms with van der Waals surface area (Å²) in [5.41, 5.74) is 0.677. The van der Waals surface area contributed by atoms with E-state index in [9.17, 15) is 9.59 Å². The van der Waals surface area contributed by atoms with Crippen molar-refractivity contribution in [1.82, 2.24) is 0 Å². The fourth-order valence-electron chi connectivity index (χ4n) is 1.18. The number of carbonyl (C=O) groups excluding carboxylic acids is 2. The van der Waals surface area contributed by atoms with Crippen molar-refractivity contribution in [3.63, 3.8) is 0 Å². The summed E-state index contributed by atoms with van der Waals surface area (Å²) in [5, 5.41) is 0. The average molecular weight is 202 g/mol. The van der Waals surface area contributed by atoms with E-state index in [0.29, 0.717) is 18.4 Å². The van der Waals surface area contributed by atoms with E-state index in [0.717, 1.165) is 0 Å². The maximum atomic E-state index is 11.5. The minimum atomic E-state index is -0.0147. The SMILES string of the molecule is CC(=O)CCC=CC(=O)c1ccccc1. The van der Waals surface area contributed by atoms with Gasteiger partial charge in [-0.1, -0.05) is 36.4 Å². The van der Waals surface area contributed by atoms with Gasteiger partial charge in [0.15, 0.2) is 5.78 Å². The minimum absolute atomic E-state index is 0.0147. The summed E-state index contributed by atoms with van der Waals surface area (Å²) in [6, 6.07) is 9.08. The van der Waals surface area contributed by atoms with Crippen LogP contribution in [0.3, 0.4) is 0 Å². The Hall–Kier alpha value is -1.70. The first-order valence-corrected chi connectivity index (χ1v) is 4.95. The fraction of sp³-hybridized carbons (Fsp3) is 0.231. The molecule has 0 fully saturated rings. The number of Topliss-reactive ketones (excluding diaryl/α,β-unsaturated/α-hetero) is 1. The Labute approximate surface area is 89.6 Å². The lowest BCUT2D eigenvalue weighted by Crippen LogP contribution is -1.93. The van der Waals surface area contributed by atoms with Gasteiger partial charge in [-0.2, -0.15) is 0 Å². The smallest absolute Gasteiger partial charge is 0.185 e. The van der Waals surface area contributed by atoms with Crippen molar-refractivity contribution >= 4 is 11.6 Å². The molecule has 78 valence electrons. The second kappa shape index (κ2) is 5.91. The first-order chi connectivity index (χ1) is 7.20. The Morgan fingerprint density at radius 2 is 1.87 bits per heavy atom. The molecule has 0 bridgehead atoms. The van der Waals surface area contributed by atoms with E-state index in [4.69, 9.17) is 0 Å². The van der Waals surface area contributed by atoms with Crippen LogP contribution in [0.5, 0.6) is 0 Å². The number of hydrogen-bond donors (Lipinski definition) is 0. The highest BCUT2D eigenvalue weighted by Gasteiger charge is 1.98. The first-order valence-electron chi connectivity index (χ1n) is 4.95. The van der Waals surface area contributed by atoms with Crippen LogP contribution < -0.4 is 0 Å². The van der Waals surface area contributed by atoms with E-state index >= 15 is 0 Å². The van der Waals surface area contributed by atoms with Crippen LogP contribution in [0.25, 0.3) is 0 Å². The molecule has 0 aromatic heterocycles. The van der Waals surface area contributed by atoms with E-state index < -0.39 is 0 Å². The standard InChI is InChI=1S/C13H14O2/c1-11(14)7-5-6-10-13(15)12-8-3-2-4-9-12/h2-4,6,8-10H,5,7H2,1H3. The fourth-order valence-corrected chi connectivity index (χ4v) is 1.18. The number of hydrogen-bond acceptors (Lipinski definition) is 2. The Morgan fingerprint density at radius 1 is 1.20 bits per heavy atom. The van der Waals surface area contributed by atoms with Crippen molar-refractivity contribution in [3.8, 4) is 0 Å². The molecule has 0 N–H and O–H groups in total. The molecule has 2 nitrogen and oxygen atoms in total. The molecule has 15 heavy (non-hydrogen) atoms. The highest BCUT2D eigenvalue weighted by molar-refractivity contribution is 6.04. The van der Waals surface area contributed by atoms with Gasteiger partial charge in [-0.05, 0) is 19.4 Å². The zero-order valence-electron chi connectivity index (χ0n) is 8.77. The maximum absolute atomic E-state index is 11.5. The van der Waals surface area contributed by atoms with E-state index in [1.165, 1.54) is 6.08 Å². The molecule has 0 spiro atoms. The number of benzene rings is 1. The predicted octanol–water partition coefficient (Wildman–Crippen LogP) is 2.79. The van der Waals surface area contributed by atoms with Crippen LogP contribution in [0, 0.1) is 0 Å². The monoisotopic (exact) mass is 202 g/mol. The summed E-state index contributed by atoms with van der Waals surface area (Å²) >= 11 is 0. The van der Waals surface area contributed by atoms with Crippen LogP contribution in [-0.4, -0.2) is 11.6 Å². The predicted molar refractivity (Wildman–Crippen MR) is 59.8 cm³/mol. The average Bonchev–Trinajstić information content (AvgIpc) is 2.25.